The smallest absolute Gasteiger partial charge is 0.238 e. The molecule has 210 valence electrons. The molecule has 6 aromatic carbocycles. The van der Waals surface area contributed by atoms with Gasteiger partial charge in [0.15, 0.2) is 11.6 Å². The number of hydrogen-bond donors (Lipinski definition) is 0. The van der Waals surface area contributed by atoms with Gasteiger partial charge in [0.05, 0.1) is 27.8 Å². The van der Waals surface area contributed by atoms with Gasteiger partial charge in [-0.25, -0.2) is 4.98 Å². The lowest BCUT2D eigenvalue weighted by Crippen LogP contribution is -2.06. The summed E-state index contributed by atoms with van der Waals surface area (Å²) in [5, 5.41) is 4.89. The standard InChI is InChI=1S/C39H23N5S/c1-3-13-24(14-4-1)37-40-38(25-15-5-2-6-16-25)42-39(41-37)44-29-20-10-7-17-26(29)34-31(44)23-33-36-35(34)27-18-8-9-19-28(27)43(36)30-21-11-12-22-32(30)45-33/h1-23H. The Labute approximate surface area is 262 Å². The lowest BCUT2D eigenvalue weighted by atomic mass is 10.1. The molecule has 6 heteroatoms. The predicted octanol–water partition coefficient (Wildman–Crippen LogP) is 9.86. The molecule has 0 spiro atoms. The molecule has 0 fully saturated rings. The van der Waals surface area contributed by atoms with Gasteiger partial charge in [0, 0.05) is 42.5 Å². The van der Waals surface area contributed by atoms with Crippen LogP contribution < -0.4 is 0 Å². The Morgan fingerprint density at radius 1 is 0.444 bits per heavy atom. The second-order valence-electron chi connectivity index (χ2n) is 11.3. The lowest BCUT2D eigenvalue weighted by Gasteiger charge is -2.20. The van der Waals surface area contributed by atoms with Crippen LogP contribution in [0.1, 0.15) is 0 Å². The van der Waals surface area contributed by atoms with E-state index in [2.05, 4.69) is 112 Å². The number of hydrogen-bond acceptors (Lipinski definition) is 4. The molecule has 4 heterocycles. The van der Waals surface area contributed by atoms with Crippen LogP contribution in [-0.2, 0) is 0 Å². The average molecular weight is 594 g/mol. The fraction of sp³-hybridized carbons (Fsp3) is 0. The SMILES string of the molecule is c1ccc(-c2nc(-c3ccccc3)nc(-n3c4ccccc4c4c5c6ccccc6n6c5c(cc43)Sc3ccccc3-6)n2)cc1. The minimum atomic E-state index is 0.602. The maximum absolute atomic E-state index is 5.15. The van der Waals surface area contributed by atoms with Crippen LogP contribution >= 0.6 is 11.8 Å². The molecule has 5 nitrogen and oxygen atoms in total. The molecule has 1 aliphatic rings. The number of aromatic nitrogens is 5. The van der Waals surface area contributed by atoms with Crippen molar-refractivity contribution in [3.63, 3.8) is 0 Å². The number of fused-ring (bicyclic) bond motifs is 9. The molecule has 0 saturated heterocycles. The number of benzene rings is 6. The van der Waals surface area contributed by atoms with E-state index < -0.39 is 0 Å². The summed E-state index contributed by atoms with van der Waals surface area (Å²) in [4.78, 5) is 17.7. The first kappa shape index (κ1) is 24.7. The average Bonchev–Trinajstić information content (AvgIpc) is 3.63. The predicted molar refractivity (Wildman–Crippen MR) is 183 cm³/mol. The largest absolute Gasteiger partial charge is 0.307 e. The molecule has 0 N–H and O–H groups in total. The van der Waals surface area contributed by atoms with Crippen molar-refractivity contribution < 1.29 is 0 Å². The van der Waals surface area contributed by atoms with E-state index in [-0.39, 0.29) is 0 Å². The summed E-state index contributed by atoms with van der Waals surface area (Å²) >= 11 is 1.83. The van der Waals surface area contributed by atoms with Crippen LogP contribution in [0.4, 0.5) is 0 Å². The summed E-state index contributed by atoms with van der Waals surface area (Å²) in [6, 6.07) is 48.7. The molecule has 0 saturated carbocycles. The molecule has 9 aromatic rings. The molecule has 3 aromatic heterocycles. The second kappa shape index (κ2) is 9.39. The Hall–Kier alpha value is -5.72. The minimum absolute atomic E-state index is 0.602. The van der Waals surface area contributed by atoms with E-state index in [1.807, 2.05) is 48.2 Å². The van der Waals surface area contributed by atoms with Gasteiger partial charge < -0.3 is 4.57 Å². The van der Waals surface area contributed by atoms with Gasteiger partial charge in [-0.05, 0) is 30.3 Å². The molecule has 45 heavy (non-hydrogen) atoms. The Bertz CT molecular complexity index is 2560. The van der Waals surface area contributed by atoms with E-state index in [0.29, 0.717) is 17.6 Å². The van der Waals surface area contributed by atoms with Crippen molar-refractivity contribution in [3.8, 4) is 34.4 Å². The molecule has 0 unspecified atom stereocenters. The number of para-hydroxylation sites is 3. The highest BCUT2D eigenvalue weighted by Gasteiger charge is 2.28. The van der Waals surface area contributed by atoms with Crippen LogP contribution in [0, 0.1) is 0 Å². The van der Waals surface area contributed by atoms with Gasteiger partial charge in [0.2, 0.25) is 5.95 Å². The van der Waals surface area contributed by atoms with Crippen LogP contribution in [0.3, 0.4) is 0 Å². The van der Waals surface area contributed by atoms with Crippen LogP contribution in [0.5, 0.6) is 0 Å². The van der Waals surface area contributed by atoms with Crippen molar-refractivity contribution in [2.45, 2.75) is 9.79 Å². The molecule has 0 amide bonds. The van der Waals surface area contributed by atoms with Gasteiger partial charge in [-0.3, -0.25) is 4.57 Å². The lowest BCUT2D eigenvalue weighted by molar-refractivity contribution is 0.952. The van der Waals surface area contributed by atoms with Gasteiger partial charge in [0.25, 0.3) is 0 Å². The summed E-state index contributed by atoms with van der Waals surface area (Å²) in [7, 11) is 0. The zero-order valence-corrected chi connectivity index (χ0v) is 24.7. The summed E-state index contributed by atoms with van der Waals surface area (Å²) in [5.74, 6) is 1.89. The van der Waals surface area contributed by atoms with Crippen LogP contribution in [0.2, 0.25) is 0 Å². The van der Waals surface area contributed by atoms with E-state index in [0.717, 1.165) is 22.2 Å². The van der Waals surface area contributed by atoms with Crippen molar-refractivity contribution in [3.05, 3.63) is 140 Å². The number of rotatable bonds is 3. The third kappa shape index (κ3) is 3.54. The molecule has 1 aliphatic heterocycles. The van der Waals surface area contributed by atoms with E-state index in [4.69, 9.17) is 15.0 Å². The molecular formula is C39H23N5S. The first-order valence-electron chi connectivity index (χ1n) is 15.0. The minimum Gasteiger partial charge on any atom is -0.307 e. The topological polar surface area (TPSA) is 48.5 Å². The summed E-state index contributed by atoms with van der Waals surface area (Å²) < 4.78 is 4.68. The molecule has 0 bridgehead atoms. The van der Waals surface area contributed by atoms with Gasteiger partial charge >= 0.3 is 0 Å². The normalized spacial score (nSPS) is 12.4. The monoisotopic (exact) mass is 593 g/mol. The summed E-state index contributed by atoms with van der Waals surface area (Å²) in [6.07, 6.45) is 0. The first-order valence-corrected chi connectivity index (χ1v) is 15.8. The van der Waals surface area contributed by atoms with Crippen molar-refractivity contribution in [1.82, 2.24) is 24.1 Å². The Kier molecular flexibility index (Phi) is 5.15. The molecular weight excluding hydrogens is 571 g/mol. The van der Waals surface area contributed by atoms with E-state index in [1.54, 1.807) is 0 Å². The van der Waals surface area contributed by atoms with Crippen molar-refractivity contribution in [2.75, 3.05) is 0 Å². The molecule has 0 aliphatic carbocycles. The van der Waals surface area contributed by atoms with Crippen LogP contribution in [0.15, 0.2) is 149 Å². The Morgan fingerprint density at radius 3 is 1.69 bits per heavy atom. The molecule has 0 radical (unpaired) electrons. The fourth-order valence-electron chi connectivity index (χ4n) is 6.87. The van der Waals surface area contributed by atoms with Crippen LogP contribution in [-0.4, -0.2) is 24.1 Å². The quantitative estimate of drug-likeness (QED) is 0.205. The number of nitrogens with zero attached hydrogens (tertiary/aromatic N) is 5. The second-order valence-corrected chi connectivity index (χ2v) is 12.4. The van der Waals surface area contributed by atoms with Gasteiger partial charge in [-0.1, -0.05) is 121 Å². The molecule has 10 rings (SSSR count). The molecule has 0 atom stereocenters. The highest BCUT2D eigenvalue weighted by atomic mass is 32.2. The zero-order valence-electron chi connectivity index (χ0n) is 23.9. The Morgan fingerprint density at radius 2 is 1.00 bits per heavy atom. The third-order valence-electron chi connectivity index (χ3n) is 8.75. The van der Waals surface area contributed by atoms with Gasteiger partial charge in [-0.15, -0.1) is 0 Å². The highest BCUT2D eigenvalue weighted by molar-refractivity contribution is 7.99. The fourth-order valence-corrected chi connectivity index (χ4v) is 7.97. The zero-order chi connectivity index (χ0) is 29.5. The van der Waals surface area contributed by atoms with Crippen LogP contribution in [0.25, 0.3) is 78.0 Å². The van der Waals surface area contributed by atoms with Crippen molar-refractivity contribution in [1.29, 1.82) is 0 Å². The maximum Gasteiger partial charge on any atom is 0.238 e. The van der Waals surface area contributed by atoms with Crippen molar-refractivity contribution in [2.24, 2.45) is 0 Å². The van der Waals surface area contributed by atoms with E-state index in [1.165, 1.54) is 48.1 Å². The summed E-state index contributed by atoms with van der Waals surface area (Å²) in [5.41, 5.74) is 7.73. The van der Waals surface area contributed by atoms with Crippen molar-refractivity contribution >= 4 is 55.4 Å². The third-order valence-corrected chi connectivity index (χ3v) is 9.85. The van der Waals surface area contributed by atoms with Gasteiger partial charge in [0.1, 0.15) is 0 Å². The van der Waals surface area contributed by atoms with E-state index >= 15 is 0 Å². The first-order chi connectivity index (χ1) is 22.3. The summed E-state index contributed by atoms with van der Waals surface area (Å²) in [6.45, 7) is 0. The van der Waals surface area contributed by atoms with E-state index in [9.17, 15) is 0 Å². The maximum atomic E-state index is 5.15. The van der Waals surface area contributed by atoms with Gasteiger partial charge in [-0.2, -0.15) is 9.97 Å². The highest BCUT2D eigenvalue weighted by Crippen LogP contribution is 2.51. The Balaban J connectivity index is 1.37.